The number of hydrogen-bond acceptors (Lipinski definition) is 5. The lowest BCUT2D eigenvalue weighted by atomic mass is 9.69. The fourth-order valence-electron chi connectivity index (χ4n) is 3.92. The Bertz CT molecular complexity index is 1070. The Morgan fingerprint density at radius 3 is 2.90 bits per heavy atom. The first kappa shape index (κ1) is 20.6. The molecule has 3 aromatic rings. The van der Waals surface area contributed by atoms with Crippen molar-refractivity contribution in [3.63, 3.8) is 0 Å². The van der Waals surface area contributed by atoms with Crippen LogP contribution in [0, 0.1) is 11.3 Å². The molecule has 0 aliphatic heterocycles. The first-order chi connectivity index (χ1) is 13.9. The molecule has 0 amide bonds. The van der Waals surface area contributed by atoms with Gasteiger partial charge in [-0.05, 0) is 48.3 Å². The highest BCUT2D eigenvalue weighted by atomic mass is 35.5. The minimum absolute atomic E-state index is 0.332. The van der Waals surface area contributed by atoms with Crippen molar-refractivity contribution in [1.82, 2.24) is 9.97 Å². The molecule has 1 aromatic carbocycles. The summed E-state index contributed by atoms with van der Waals surface area (Å²) in [5.41, 5.74) is 5.64. The molecule has 1 aliphatic carbocycles. The first-order valence-corrected chi connectivity index (χ1v) is 11.5. The zero-order valence-electron chi connectivity index (χ0n) is 16.8. The van der Waals surface area contributed by atoms with E-state index in [1.807, 2.05) is 6.07 Å². The Kier molecular flexibility index (Phi) is 5.83. The Hall–Kier alpha value is -1.69. The second-order valence-electron chi connectivity index (χ2n) is 8.22. The molecule has 1 aliphatic rings. The smallest absolute Gasteiger partial charge is 0.158 e. The topological polar surface area (TPSA) is 50.2 Å². The van der Waals surface area contributed by atoms with Crippen LogP contribution in [0.15, 0.2) is 29.6 Å². The lowest BCUT2D eigenvalue weighted by molar-refractivity contribution is 0.184. The van der Waals surface area contributed by atoms with Crippen molar-refractivity contribution in [3.05, 3.63) is 50.6 Å². The van der Waals surface area contributed by atoms with Crippen LogP contribution >= 0.6 is 34.5 Å². The summed E-state index contributed by atoms with van der Waals surface area (Å²) < 4.78 is 0. The largest absolute Gasteiger partial charge is 0.261 e. The van der Waals surface area contributed by atoms with Gasteiger partial charge in [0.1, 0.15) is 11.2 Å². The number of halogens is 2. The molecule has 0 spiro atoms. The highest BCUT2D eigenvalue weighted by Gasteiger charge is 2.33. The van der Waals surface area contributed by atoms with E-state index in [0.29, 0.717) is 21.4 Å². The molecular formula is C22H24Cl2N4S. The molecule has 0 bridgehead atoms. The fourth-order valence-corrected chi connectivity index (χ4v) is 5.56. The van der Waals surface area contributed by atoms with Crippen molar-refractivity contribution >= 4 is 56.8 Å². The molecule has 1 atom stereocenters. The van der Waals surface area contributed by atoms with Crippen molar-refractivity contribution in [3.8, 4) is 0 Å². The zero-order valence-corrected chi connectivity index (χ0v) is 19.1. The van der Waals surface area contributed by atoms with Crippen LogP contribution in [-0.4, -0.2) is 16.2 Å². The summed E-state index contributed by atoms with van der Waals surface area (Å²) >= 11 is 14.0. The number of benzene rings is 1. The van der Waals surface area contributed by atoms with Gasteiger partial charge in [0.15, 0.2) is 5.82 Å². The zero-order chi connectivity index (χ0) is 20.6. The van der Waals surface area contributed by atoms with Crippen LogP contribution in [-0.2, 0) is 12.8 Å². The van der Waals surface area contributed by atoms with Crippen LogP contribution in [0.2, 0.25) is 10.0 Å². The van der Waals surface area contributed by atoms with E-state index >= 15 is 0 Å². The van der Waals surface area contributed by atoms with Gasteiger partial charge >= 0.3 is 0 Å². The molecule has 0 unspecified atom stereocenters. The predicted molar refractivity (Wildman–Crippen MR) is 125 cm³/mol. The monoisotopic (exact) mass is 446 g/mol. The van der Waals surface area contributed by atoms with Crippen LogP contribution < -0.4 is 5.43 Å². The molecule has 2 heterocycles. The van der Waals surface area contributed by atoms with Gasteiger partial charge in [0.25, 0.3) is 0 Å². The summed E-state index contributed by atoms with van der Waals surface area (Å²) in [7, 11) is 0. The van der Waals surface area contributed by atoms with E-state index < -0.39 is 0 Å². The average molecular weight is 447 g/mol. The highest BCUT2D eigenvalue weighted by Crippen LogP contribution is 2.45. The molecule has 2 aromatic heterocycles. The lowest BCUT2D eigenvalue weighted by Gasteiger charge is -2.36. The number of aryl methyl sites for hydroxylation is 1. The van der Waals surface area contributed by atoms with Crippen molar-refractivity contribution < 1.29 is 0 Å². The van der Waals surface area contributed by atoms with E-state index in [-0.39, 0.29) is 0 Å². The van der Waals surface area contributed by atoms with Gasteiger partial charge in [0.05, 0.1) is 16.6 Å². The van der Waals surface area contributed by atoms with Gasteiger partial charge in [-0.1, -0.05) is 56.5 Å². The molecule has 0 fully saturated rings. The second kappa shape index (κ2) is 8.21. The predicted octanol–water partition coefficient (Wildman–Crippen LogP) is 6.99. The number of thiophene rings is 1. The average Bonchev–Trinajstić information content (AvgIpc) is 3.08. The Balaban J connectivity index is 1.64. The maximum atomic E-state index is 6.23. The van der Waals surface area contributed by atoms with E-state index in [1.54, 1.807) is 36.0 Å². The third-order valence-electron chi connectivity index (χ3n) is 6.19. The Labute approximate surface area is 185 Å². The third kappa shape index (κ3) is 4.14. The molecular weight excluding hydrogens is 423 g/mol. The number of rotatable bonds is 5. The van der Waals surface area contributed by atoms with Gasteiger partial charge < -0.3 is 0 Å². The standard InChI is InChI=1S/C22H24Cl2N4S/c1-4-22(2,3)14-6-8-18-16(9-14)19-20(25-12-26-21(19)29-18)28-27-11-13-5-7-15(23)10-17(13)24/h5,7,10-12,14H,4,6,8-9H2,1-3H3,(H,25,26,28)/b27-11-/t14-/m0/s1. The number of fused-ring (bicyclic) bond motifs is 3. The summed E-state index contributed by atoms with van der Waals surface area (Å²) in [6.07, 6.45) is 7.91. The molecule has 152 valence electrons. The number of aromatic nitrogens is 2. The van der Waals surface area contributed by atoms with Gasteiger partial charge in [-0.15, -0.1) is 11.3 Å². The van der Waals surface area contributed by atoms with E-state index in [2.05, 4.69) is 41.3 Å². The molecule has 4 rings (SSSR count). The number of nitrogens with one attached hydrogen (secondary N) is 1. The normalized spacial score (nSPS) is 17.1. The minimum Gasteiger partial charge on any atom is -0.261 e. The van der Waals surface area contributed by atoms with Gasteiger partial charge in [-0.3, -0.25) is 5.43 Å². The van der Waals surface area contributed by atoms with Crippen LogP contribution in [0.4, 0.5) is 5.82 Å². The summed E-state index contributed by atoms with van der Waals surface area (Å²) in [6, 6.07) is 5.34. The molecule has 0 radical (unpaired) electrons. The van der Waals surface area contributed by atoms with E-state index in [4.69, 9.17) is 23.2 Å². The first-order valence-electron chi connectivity index (χ1n) is 9.88. The Morgan fingerprint density at radius 2 is 2.14 bits per heavy atom. The van der Waals surface area contributed by atoms with Crippen molar-refractivity contribution in [2.45, 2.75) is 46.5 Å². The van der Waals surface area contributed by atoms with Gasteiger partial charge in [0, 0.05) is 15.5 Å². The minimum atomic E-state index is 0.332. The third-order valence-corrected chi connectivity index (χ3v) is 7.96. The van der Waals surface area contributed by atoms with Crippen LogP contribution in [0.1, 0.15) is 49.6 Å². The van der Waals surface area contributed by atoms with Crippen LogP contribution in [0.3, 0.4) is 0 Å². The maximum absolute atomic E-state index is 6.23. The number of anilines is 1. The number of hydrogen-bond donors (Lipinski definition) is 1. The van der Waals surface area contributed by atoms with E-state index in [0.717, 1.165) is 34.4 Å². The van der Waals surface area contributed by atoms with Gasteiger partial charge in [-0.25, -0.2) is 9.97 Å². The molecule has 7 heteroatoms. The quantitative estimate of drug-likeness (QED) is 0.339. The summed E-state index contributed by atoms with van der Waals surface area (Å²) in [6.45, 7) is 7.05. The van der Waals surface area contributed by atoms with Crippen LogP contribution in [0.25, 0.3) is 10.2 Å². The maximum Gasteiger partial charge on any atom is 0.158 e. The molecule has 29 heavy (non-hydrogen) atoms. The number of hydrazone groups is 1. The molecule has 0 saturated carbocycles. The van der Waals surface area contributed by atoms with Crippen molar-refractivity contribution in [2.24, 2.45) is 16.4 Å². The fraction of sp³-hybridized carbons (Fsp3) is 0.409. The van der Waals surface area contributed by atoms with E-state index in [9.17, 15) is 0 Å². The lowest BCUT2D eigenvalue weighted by Crippen LogP contribution is -2.28. The van der Waals surface area contributed by atoms with Crippen molar-refractivity contribution in [1.29, 1.82) is 0 Å². The Morgan fingerprint density at radius 1 is 1.31 bits per heavy atom. The van der Waals surface area contributed by atoms with E-state index in [1.165, 1.54) is 23.3 Å². The van der Waals surface area contributed by atoms with Gasteiger partial charge in [0.2, 0.25) is 0 Å². The summed E-state index contributed by atoms with van der Waals surface area (Å²) in [5, 5.41) is 6.66. The number of nitrogens with zero attached hydrogens (tertiary/aromatic N) is 3. The molecule has 1 N–H and O–H groups in total. The molecule has 4 nitrogen and oxygen atoms in total. The summed E-state index contributed by atoms with van der Waals surface area (Å²) in [4.78, 5) is 11.5. The second-order valence-corrected chi connectivity index (χ2v) is 10.2. The van der Waals surface area contributed by atoms with Crippen LogP contribution in [0.5, 0.6) is 0 Å². The highest BCUT2D eigenvalue weighted by molar-refractivity contribution is 7.19. The van der Waals surface area contributed by atoms with Crippen molar-refractivity contribution in [2.75, 3.05) is 5.43 Å². The molecule has 0 saturated heterocycles. The SMILES string of the molecule is CCC(C)(C)[C@H]1CCc2sc3ncnc(N/N=C\c4ccc(Cl)cc4Cl)c3c2C1. The summed E-state index contributed by atoms with van der Waals surface area (Å²) in [5.74, 6) is 1.42. The van der Waals surface area contributed by atoms with Gasteiger partial charge in [-0.2, -0.15) is 5.10 Å².